The molecule has 4 atom stereocenters. The molecule has 2 amide bonds. The third kappa shape index (κ3) is 2.02. The summed E-state index contributed by atoms with van der Waals surface area (Å²) < 4.78 is 0. The molecule has 2 bridgehead atoms. The van der Waals surface area contributed by atoms with E-state index in [9.17, 15) is 14.4 Å². The van der Waals surface area contributed by atoms with E-state index in [0.29, 0.717) is 6.42 Å². The van der Waals surface area contributed by atoms with Gasteiger partial charge in [0.25, 0.3) is 0 Å². The molecule has 2 unspecified atom stereocenters. The second-order valence-electron chi connectivity index (χ2n) is 4.52. The van der Waals surface area contributed by atoms with Crippen LogP contribution in [0.5, 0.6) is 0 Å². The van der Waals surface area contributed by atoms with Gasteiger partial charge in [0.2, 0.25) is 11.8 Å². The van der Waals surface area contributed by atoms with Gasteiger partial charge in [0.05, 0.1) is 18.4 Å². The second kappa shape index (κ2) is 4.20. The van der Waals surface area contributed by atoms with Crippen LogP contribution < -0.4 is 11.1 Å². The van der Waals surface area contributed by atoms with Gasteiger partial charge in [0, 0.05) is 0 Å². The van der Waals surface area contributed by atoms with Crippen molar-refractivity contribution in [2.24, 2.45) is 29.4 Å². The molecule has 17 heavy (non-hydrogen) atoms. The van der Waals surface area contributed by atoms with Gasteiger partial charge in [0.1, 0.15) is 0 Å². The maximum Gasteiger partial charge on any atom is 0.307 e. The molecular formula is C11H14N2O4. The molecule has 92 valence electrons. The molecule has 2 aliphatic carbocycles. The van der Waals surface area contributed by atoms with E-state index in [1.165, 1.54) is 0 Å². The van der Waals surface area contributed by atoms with Crippen molar-refractivity contribution < 1.29 is 19.5 Å². The fourth-order valence-electron chi connectivity index (χ4n) is 2.81. The number of hydrogen-bond donors (Lipinski definition) is 3. The van der Waals surface area contributed by atoms with Gasteiger partial charge in [-0.25, -0.2) is 0 Å². The van der Waals surface area contributed by atoms with Crippen molar-refractivity contribution >= 4 is 17.8 Å². The zero-order chi connectivity index (χ0) is 12.6. The Morgan fingerprint density at radius 2 is 1.82 bits per heavy atom. The summed E-state index contributed by atoms with van der Waals surface area (Å²) in [5.74, 6) is -3.35. The number of nitrogens with two attached hydrogens (primary N) is 1. The minimum absolute atomic E-state index is 0.0334. The molecule has 0 aromatic heterocycles. The normalized spacial score (nSPS) is 33.6. The maximum atomic E-state index is 11.8. The maximum absolute atomic E-state index is 11.8. The number of primary amides is 1. The number of hydrogen-bond acceptors (Lipinski definition) is 3. The van der Waals surface area contributed by atoms with Crippen molar-refractivity contribution in [3.8, 4) is 0 Å². The molecule has 0 aliphatic heterocycles. The topological polar surface area (TPSA) is 109 Å². The second-order valence-corrected chi connectivity index (χ2v) is 4.52. The number of carbonyl (C=O) groups excluding carboxylic acids is 2. The molecule has 0 saturated heterocycles. The summed E-state index contributed by atoms with van der Waals surface area (Å²) in [4.78, 5) is 33.5. The first-order valence-electron chi connectivity index (χ1n) is 5.48. The number of amides is 2. The highest BCUT2D eigenvalue weighted by Gasteiger charge is 2.51. The average Bonchev–Trinajstić information content (AvgIpc) is 2.84. The summed E-state index contributed by atoms with van der Waals surface area (Å²) in [5, 5.41) is 11.5. The molecule has 0 radical (unpaired) electrons. The number of allylic oxidation sites excluding steroid dienone is 2. The number of carboxylic acid groups (broad SMARTS) is 1. The van der Waals surface area contributed by atoms with E-state index < -0.39 is 29.6 Å². The van der Waals surface area contributed by atoms with Crippen LogP contribution in [0.2, 0.25) is 0 Å². The Bertz CT molecular complexity index is 404. The van der Waals surface area contributed by atoms with E-state index in [1.807, 2.05) is 12.2 Å². The van der Waals surface area contributed by atoms with Crippen LogP contribution in [0.1, 0.15) is 6.42 Å². The number of carboxylic acids is 1. The lowest BCUT2D eigenvalue weighted by molar-refractivity contribution is -0.147. The van der Waals surface area contributed by atoms with Gasteiger partial charge in [-0.1, -0.05) is 12.2 Å². The van der Waals surface area contributed by atoms with Crippen LogP contribution in [0.25, 0.3) is 0 Å². The summed E-state index contributed by atoms with van der Waals surface area (Å²) in [6.45, 7) is -0.247. The van der Waals surface area contributed by atoms with Crippen LogP contribution in [-0.2, 0) is 14.4 Å². The number of aliphatic carboxylic acids is 1. The Morgan fingerprint density at radius 1 is 1.24 bits per heavy atom. The standard InChI is InChI=1S/C11H14N2O4/c12-7(14)4-13-10(15)8-5-1-2-6(3-5)9(8)11(16)17/h1-2,5-6,8-9H,3-4H2,(H2,12,14)(H,13,15)(H,16,17)/t5?,6?,8-,9+/m0/s1. The number of rotatable bonds is 4. The molecule has 1 fully saturated rings. The minimum Gasteiger partial charge on any atom is -0.481 e. The van der Waals surface area contributed by atoms with Crippen LogP contribution in [0.4, 0.5) is 0 Å². The van der Waals surface area contributed by atoms with Crippen molar-refractivity contribution in [2.45, 2.75) is 6.42 Å². The molecule has 2 rings (SSSR count). The van der Waals surface area contributed by atoms with Crippen molar-refractivity contribution in [3.05, 3.63) is 12.2 Å². The zero-order valence-electron chi connectivity index (χ0n) is 9.13. The quantitative estimate of drug-likeness (QED) is 0.552. The van der Waals surface area contributed by atoms with E-state index >= 15 is 0 Å². The first-order valence-corrected chi connectivity index (χ1v) is 5.48. The molecule has 0 heterocycles. The lowest BCUT2D eigenvalue weighted by Crippen LogP contribution is -2.43. The van der Waals surface area contributed by atoms with E-state index in [0.717, 1.165) is 0 Å². The average molecular weight is 238 g/mol. The molecule has 0 aromatic carbocycles. The third-order valence-electron chi connectivity index (χ3n) is 3.48. The summed E-state index contributed by atoms with van der Waals surface area (Å²) in [6, 6.07) is 0. The summed E-state index contributed by atoms with van der Waals surface area (Å²) in [5.41, 5.74) is 4.93. The monoisotopic (exact) mass is 238 g/mol. The fourth-order valence-corrected chi connectivity index (χ4v) is 2.81. The number of nitrogens with one attached hydrogen (secondary N) is 1. The van der Waals surface area contributed by atoms with Crippen LogP contribution in [-0.4, -0.2) is 29.4 Å². The number of fused-ring (bicyclic) bond motifs is 2. The lowest BCUT2D eigenvalue weighted by atomic mass is 9.82. The molecule has 0 spiro atoms. The van der Waals surface area contributed by atoms with Crippen molar-refractivity contribution in [1.29, 1.82) is 0 Å². The number of carbonyl (C=O) groups is 3. The smallest absolute Gasteiger partial charge is 0.307 e. The highest BCUT2D eigenvalue weighted by atomic mass is 16.4. The van der Waals surface area contributed by atoms with E-state index in [-0.39, 0.29) is 18.4 Å². The van der Waals surface area contributed by atoms with Gasteiger partial charge in [-0.2, -0.15) is 0 Å². The first kappa shape index (κ1) is 11.6. The van der Waals surface area contributed by atoms with Gasteiger partial charge in [-0.05, 0) is 18.3 Å². The SMILES string of the molecule is NC(=O)CNC(=O)[C@H]1C2C=CC(C2)[C@H]1C(=O)O. The Hall–Kier alpha value is -1.85. The highest BCUT2D eigenvalue weighted by Crippen LogP contribution is 2.48. The Morgan fingerprint density at radius 3 is 2.35 bits per heavy atom. The van der Waals surface area contributed by atoms with Crippen molar-refractivity contribution in [3.63, 3.8) is 0 Å². The third-order valence-corrected chi connectivity index (χ3v) is 3.48. The van der Waals surface area contributed by atoms with Crippen LogP contribution in [0, 0.1) is 23.7 Å². The molecule has 6 heteroatoms. The molecule has 0 aromatic rings. The van der Waals surface area contributed by atoms with Gasteiger partial charge >= 0.3 is 5.97 Å². The molecular weight excluding hydrogens is 224 g/mol. The van der Waals surface area contributed by atoms with Crippen LogP contribution >= 0.6 is 0 Å². The summed E-state index contributed by atoms with van der Waals surface area (Å²) in [7, 11) is 0. The largest absolute Gasteiger partial charge is 0.481 e. The summed E-state index contributed by atoms with van der Waals surface area (Å²) in [6.07, 6.45) is 4.45. The molecule has 6 nitrogen and oxygen atoms in total. The van der Waals surface area contributed by atoms with E-state index in [2.05, 4.69) is 5.32 Å². The first-order chi connectivity index (χ1) is 8.00. The van der Waals surface area contributed by atoms with Gasteiger partial charge in [-0.15, -0.1) is 0 Å². The Labute approximate surface area is 97.9 Å². The van der Waals surface area contributed by atoms with Crippen LogP contribution in [0.3, 0.4) is 0 Å². The van der Waals surface area contributed by atoms with Crippen molar-refractivity contribution in [2.75, 3.05) is 6.54 Å². The fraction of sp³-hybridized carbons (Fsp3) is 0.545. The lowest BCUT2D eigenvalue weighted by Gasteiger charge is -2.23. The zero-order valence-corrected chi connectivity index (χ0v) is 9.13. The molecule has 2 aliphatic rings. The summed E-state index contributed by atoms with van der Waals surface area (Å²) >= 11 is 0. The predicted octanol–water partition coefficient (Wildman–Crippen LogP) is -0.889. The Balaban J connectivity index is 2.08. The van der Waals surface area contributed by atoms with E-state index in [4.69, 9.17) is 10.8 Å². The molecule has 1 saturated carbocycles. The van der Waals surface area contributed by atoms with E-state index in [1.54, 1.807) is 0 Å². The van der Waals surface area contributed by atoms with Crippen LogP contribution in [0.15, 0.2) is 12.2 Å². The predicted molar refractivity (Wildman–Crippen MR) is 57.6 cm³/mol. The highest BCUT2D eigenvalue weighted by molar-refractivity contribution is 5.89. The van der Waals surface area contributed by atoms with Gasteiger partial charge in [-0.3, -0.25) is 14.4 Å². The van der Waals surface area contributed by atoms with Gasteiger partial charge < -0.3 is 16.2 Å². The van der Waals surface area contributed by atoms with Gasteiger partial charge in [0.15, 0.2) is 0 Å². The Kier molecular flexibility index (Phi) is 2.87. The van der Waals surface area contributed by atoms with Crippen molar-refractivity contribution in [1.82, 2.24) is 5.32 Å². The molecule has 4 N–H and O–H groups in total. The minimum atomic E-state index is -0.957.